The second kappa shape index (κ2) is 8.00. The molecule has 0 aliphatic rings. The number of ether oxygens (including phenoxy) is 1. The molecule has 124 valence electrons. The van der Waals surface area contributed by atoms with E-state index >= 15 is 0 Å². The van der Waals surface area contributed by atoms with Crippen molar-refractivity contribution in [2.24, 2.45) is 0 Å². The molecule has 0 fully saturated rings. The van der Waals surface area contributed by atoms with Crippen molar-refractivity contribution in [2.75, 3.05) is 51.4 Å². The molecular formula is C14H23N3O4S. The van der Waals surface area contributed by atoms with E-state index in [2.05, 4.69) is 5.32 Å². The van der Waals surface area contributed by atoms with Gasteiger partial charge in [0.05, 0.1) is 11.9 Å². The predicted molar refractivity (Wildman–Crippen MR) is 86.7 cm³/mol. The number of benzene rings is 1. The summed E-state index contributed by atoms with van der Waals surface area (Å²) in [5, 5.41) is 2.74. The minimum absolute atomic E-state index is 0.0747. The minimum Gasteiger partial charge on any atom is -0.484 e. The number of hydrogen-bond donors (Lipinski definition) is 1. The van der Waals surface area contributed by atoms with Gasteiger partial charge in [0.1, 0.15) is 5.75 Å². The van der Waals surface area contributed by atoms with Crippen LogP contribution in [0.1, 0.15) is 0 Å². The molecule has 0 unspecified atom stereocenters. The van der Waals surface area contributed by atoms with E-state index in [9.17, 15) is 13.2 Å². The topological polar surface area (TPSA) is 79.0 Å². The van der Waals surface area contributed by atoms with Gasteiger partial charge in [0.15, 0.2) is 6.61 Å². The minimum atomic E-state index is -3.29. The number of anilines is 1. The molecule has 22 heavy (non-hydrogen) atoms. The van der Waals surface area contributed by atoms with Gasteiger partial charge in [-0.25, -0.2) is 8.42 Å². The summed E-state index contributed by atoms with van der Waals surface area (Å²) in [5.41, 5.74) is 0.533. The van der Waals surface area contributed by atoms with Crippen LogP contribution in [0.5, 0.6) is 5.75 Å². The molecule has 8 heteroatoms. The summed E-state index contributed by atoms with van der Waals surface area (Å²) in [5.74, 6) is 0.313. The number of likely N-dealkylation sites (N-methyl/N-ethyl adjacent to an activating group) is 1. The zero-order chi connectivity index (χ0) is 16.8. The summed E-state index contributed by atoms with van der Waals surface area (Å²) >= 11 is 0. The van der Waals surface area contributed by atoms with Crippen molar-refractivity contribution in [1.29, 1.82) is 0 Å². The van der Waals surface area contributed by atoms with Crippen LogP contribution in [-0.4, -0.2) is 66.3 Å². The Hall–Kier alpha value is -1.80. The molecule has 1 aromatic rings. The first-order chi connectivity index (χ1) is 10.2. The molecule has 1 amide bonds. The smallest absolute Gasteiger partial charge is 0.257 e. The molecule has 0 heterocycles. The third-order valence-corrected chi connectivity index (χ3v) is 4.15. The van der Waals surface area contributed by atoms with Gasteiger partial charge in [0, 0.05) is 20.1 Å². The number of nitrogens with zero attached hydrogens (tertiary/aromatic N) is 2. The van der Waals surface area contributed by atoms with E-state index in [-0.39, 0.29) is 12.5 Å². The summed E-state index contributed by atoms with van der Waals surface area (Å²) in [6, 6.07) is 6.51. The maximum Gasteiger partial charge on any atom is 0.257 e. The van der Waals surface area contributed by atoms with Gasteiger partial charge in [-0.1, -0.05) is 0 Å². The van der Waals surface area contributed by atoms with Crippen LogP contribution in [-0.2, 0) is 14.8 Å². The second-order valence-corrected chi connectivity index (χ2v) is 7.18. The van der Waals surface area contributed by atoms with Crippen molar-refractivity contribution >= 4 is 21.6 Å². The lowest BCUT2D eigenvalue weighted by molar-refractivity contribution is -0.123. The first-order valence-corrected chi connectivity index (χ1v) is 8.63. The molecular weight excluding hydrogens is 306 g/mol. The molecule has 0 atom stereocenters. The Morgan fingerprint density at radius 3 is 2.27 bits per heavy atom. The second-order valence-electron chi connectivity index (χ2n) is 5.17. The first-order valence-electron chi connectivity index (χ1n) is 6.78. The zero-order valence-electron chi connectivity index (χ0n) is 13.4. The van der Waals surface area contributed by atoms with Crippen LogP contribution in [0.3, 0.4) is 0 Å². The zero-order valence-corrected chi connectivity index (χ0v) is 14.2. The number of carbonyl (C=O) groups is 1. The van der Waals surface area contributed by atoms with E-state index in [1.54, 1.807) is 24.3 Å². The Kier molecular flexibility index (Phi) is 6.63. The van der Waals surface area contributed by atoms with Crippen LogP contribution in [0.15, 0.2) is 24.3 Å². The third-order valence-electron chi connectivity index (χ3n) is 2.95. The maximum absolute atomic E-state index is 11.6. The van der Waals surface area contributed by atoms with Gasteiger partial charge in [0.25, 0.3) is 5.91 Å². The van der Waals surface area contributed by atoms with Gasteiger partial charge in [0.2, 0.25) is 10.0 Å². The number of sulfonamides is 1. The van der Waals surface area contributed by atoms with Crippen LogP contribution >= 0.6 is 0 Å². The van der Waals surface area contributed by atoms with Gasteiger partial charge < -0.3 is 15.0 Å². The van der Waals surface area contributed by atoms with E-state index in [0.717, 1.165) is 12.8 Å². The SMILES string of the molecule is CN(C)CCNC(=O)COc1ccc(N(C)S(C)(=O)=O)cc1. The van der Waals surface area contributed by atoms with Crippen molar-refractivity contribution in [1.82, 2.24) is 10.2 Å². The van der Waals surface area contributed by atoms with Crippen molar-refractivity contribution < 1.29 is 17.9 Å². The van der Waals surface area contributed by atoms with Gasteiger partial charge in [-0.05, 0) is 38.4 Å². The Labute approximate surface area is 131 Å². The molecule has 0 aliphatic heterocycles. The Morgan fingerprint density at radius 1 is 1.18 bits per heavy atom. The number of rotatable bonds is 8. The average molecular weight is 329 g/mol. The summed E-state index contributed by atoms with van der Waals surface area (Å²) in [4.78, 5) is 13.5. The average Bonchev–Trinajstić information content (AvgIpc) is 2.43. The van der Waals surface area contributed by atoms with E-state index in [0.29, 0.717) is 18.0 Å². The maximum atomic E-state index is 11.6. The molecule has 0 radical (unpaired) electrons. The molecule has 1 rings (SSSR count). The number of hydrogen-bond acceptors (Lipinski definition) is 5. The van der Waals surface area contributed by atoms with E-state index in [4.69, 9.17) is 4.74 Å². The molecule has 7 nitrogen and oxygen atoms in total. The lowest BCUT2D eigenvalue weighted by atomic mass is 10.3. The Morgan fingerprint density at radius 2 is 1.77 bits per heavy atom. The lowest BCUT2D eigenvalue weighted by Gasteiger charge is -2.16. The highest BCUT2D eigenvalue weighted by Gasteiger charge is 2.11. The Balaban J connectivity index is 2.46. The number of nitrogens with one attached hydrogen (secondary N) is 1. The highest BCUT2D eigenvalue weighted by molar-refractivity contribution is 7.92. The monoisotopic (exact) mass is 329 g/mol. The summed E-state index contributed by atoms with van der Waals surface area (Å²) in [7, 11) is 2.04. The van der Waals surface area contributed by atoms with Crippen molar-refractivity contribution in [3.63, 3.8) is 0 Å². The summed E-state index contributed by atoms with van der Waals surface area (Å²) < 4.78 is 29.4. The normalized spacial score (nSPS) is 11.3. The highest BCUT2D eigenvalue weighted by Crippen LogP contribution is 2.20. The molecule has 0 bridgehead atoms. The number of amides is 1. The van der Waals surface area contributed by atoms with Crippen molar-refractivity contribution in [2.45, 2.75) is 0 Å². The fourth-order valence-corrected chi connectivity index (χ4v) is 2.07. The Bertz CT molecular complexity index is 585. The fraction of sp³-hybridized carbons (Fsp3) is 0.500. The molecule has 1 N–H and O–H groups in total. The summed E-state index contributed by atoms with van der Waals surface area (Å²) in [6.45, 7) is 1.25. The van der Waals surface area contributed by atoms with Crippen molar-refractivity contribution in [3.8, 4) is 5.75 Å². The highest BCUT2D eigenvalue weighted by atomic mass is 32.2. The quantitative estimate of drug-likeness (QED) is 0.734. The largest absolute Gasteiger partial charge is 0.484 e. The van der Waals surface area contributed by atoms with Crippen LogP contribution in [0.4, 0.5) is 5.69 Å². The van der Waals surface area contributed by atoms with Gasteiger partial charge in [-0.15, -0.1) is 0 Å². The van der Waals surface area contributed by atoms with E-state index < -0.39 is 10.0 Å². The van der Waals surface area contributed by atoms with Gasteiger partial charge in [-0.3, -0.25) is 9.10 Å². The molecule has 0 aromatic heterocycles. The van der Waals surface area contributed by atoms with Gasteiger partial charge in [-0.2, -0.15) is 0 Å². The van der Waals surface area contributed by atoms with E-state index in [1.165, 1.54) is 11.4 Å². The van der Waals surface area contributed by atoms with Crippen LogP contribution in [0.25, 0.3) is 0 Å². The van der Waals surface area contributed by atoms with Crippen LogP contribution in [0.2, 0.25) is 0 Å². The lowest BCUT2D eigenvalue weighted by Crippen LogP contribution is -2.34. The fourth-order valence-electron chi connectivity index (χ4n) is 1.56. The predicted octanol–water partition coefficient (Wildman–Crippen LogP) is 0.139. The van der Waals surface area contributed by atoms with Gasteiger partial charge >= 0.3 is 0 Å². The molecule has 1 aromatic carbocycles. The first kappa shape index (κ1) is 18.2. The third kappa shape index (κ3) is 6.31. The van der Waals surface area contributed by atoms with Crippen LogP contribution < -0.4 is 14.4 Å². The van der Waals surface area contributed by atoms with Crippen LogP contribution in [0, 0.1) is 0 Å². The molecule has 0 spiro atoms. The summed E-state index contributed by atoms with van der Waals surface area (Å²) in [6.07, 6.45) is 1.13. The van der Waals surface area contributed by atoms with E-state index in [1.807, 2.05) is 19.0 Å². The standard InChI is InChI=1S/C14H23N3O4S/c1-16(2)10-9-15-14(18)11-21-13-7-5-12(6-8-13)17(3)22(4,19)20/h5-8H,9-11H2,1-4H3,(H,15,18). The molecule has 0 saturated heterocycles. The van der Waals surface area contributed by atoms with Crippen molar-refractivity contribution in [3.05, 3.63) is 24.3 Å². The molecule has 0 aliphatic carbocycles. The molecule has 0 saturated carbocycles. The number of carbonyl (C=O) groups excluding carboxylic acids is 1.